The predicted molar refractivity (Wildman–Crippen MR) is 55.2 cm³/mol. The van der Waals surface area contributed by atoms with Crippen LogP contribution in [-0.2, 0) is 24.9 Å². The van der Waals surface area contributed by atoms with Crippen molar-refractivity contribution in [1.29, 1.82) is 0 Å². The van der Waals surface area contributed by atoms with Gasteiger partial charge in [0.2, 0.25) is 29.1 Å². The second-order valence-electron chi connectivity index (χ2n) is 3.10. The van der Waals surface area contributed by atoms with Crippen LogP contribution < -0.4 is 4.89 Å². The second-order valence-corrected chi connectivity index (χ2v) is 7.88. The molecule has 0 saturated heterocycles. The summed E-state index contributed by atoms with van der Waals surface area (Å²) in [5.74, 6) is -12.0. The summed E-state index contributed by atoms with van der Waals surface area (Å²) in [6.07, 6.45) is 0. The third-order valence-electron chi connectivity index (χ3n) is 1.60. The Hall–Kier alpha value is -0.490. The van der Waals surface area contributed by atoms with Gasteiger partial charge in [0.05, 0.1) is 0 Å². The Kier molecular flexibility index (Phi) is 5.59. The van der Waals surface area contributed by atoms with Gasteiger partial charge in [-0.15, -0.1) is 4.67 Å². The molecule has 1 aromatic rings. The highest BCUT2D eigenvalue weighted by Crippen LogP contribution is 2.47. The third-order valence-corrected chi connectivity index (χ3v) is 4.48. The van der Waals surface area contributed by atoms with Crippen LogP contribution in [0.25, 0.3) is 0 Å². The molecule has 7 nitrogen and oxygen atoms in total. The summed E-state index contributed by atoms with van der Waals surface area (Å²) >= 11 is 0. The van der Waals surface area contributed by atoms with Crippen molar-refractivity contribution in [1.82, 2.24) is 0 Å². The number of halogens is 5. The number of phosphoric acid groups is 1. The minimum atomic E-state index is -5.59. The first kappa shape index (κ1) is 18.6. The molecule has 0 saturated carbocycles. The lowest BCUT2D eigenvalue weighted by atomic mass is 10.3. The van der Waals surface area contributed by atoms with Gasteiger partial charge in [-0.25, -0.2) is 13.2 Å². The topological polar surface area (TPSA) is 119 Å². The van der Waals surface area contributed by atoms with E-state index in [9.17, 15) is 31.4 Å². The summed E-state index contributed by atoms with van der Waals surface area (Å²) < 4.78 is 81.4. The van der Waals surface area contributed by atoms with Gasteiger partial charge in [0.25, 0.3) is 18.8 Å². The molecule has 3 N–H and O–H groups in total. The SMILES string of the molecule is O=P([O-])(O)OOP(O)(O)=[S+]c1c(F)c(F)c(F)c(F)c1F. The zero-order valence-corrected chi connectivity index (χ0v) is 11.8. The molecule has 1 atom stereocenters. The Morgan fingerprint density at radius 2 is 1.24 bits per heavy atom. The average molecular weight is 376 g/mol. The predicted octanol–water partition coefficient (Wildman–Crippen LogP) is 0.895. The highest BCUT2D eigenvalue weighted by molar-refractivity contribution is 8.16. The summed E-state index contributed by atoms with van der Waals surface area (Å²) in [6, 6.07) is 0. The van der Waals surface area contributed by atoms with E-state index >= 15 is 0 Å². The van der Waals surface area contributed by atoms with Crippen LogP contribution in [0.2, 0.25) is 0 Å². The Morgan fingerprint density at radius 3 is 1.62 bits per heavy atom. The van der Waals surface area contributed by atoms with Gasteiger partial charge in [0.15, 0.2) is 0 Å². The molecule has 0 spiro atoms. The molecule has 1 unspecified atom stereocenters. The van der Waals surface area contributed by atoms with Crippen LogP contribution >= 0.6 is 14.5 Å². The fraction of sp³-hybridized carbons (Fsp3) is 0. The summed E-state index contributed by atoms with van der Waals surface area (Å²) in [6.45, 7) is -5.14. The van der Waals surface area contributed by atoms with Crippen molar-refractivity contribution >= 4 is 25.5 Å². The maximum absolute atomic E-state index is 13.2. The van der Waals surface area contributed by atoms with Gasteiger partial charge in [-0.05, 0) is 0 Å². The Labute approximate surface area is 115 Å². The molecule has 15 heteroatoms. The lowest BCUT2D eigenvalue weighted by Crippen LogP contribution is -2.06. The summed E-state index contributed by atoms with van der Waals surface area (Å²) in [5.41, 5.74) is 0. The fourth-order valence-corrected chi connectivity index (χ4v) is 3.71. The maximum atomic E-state index is 13.2. The van der Waals surface area contributed by atoms with Crippen LogP contribution in [-0.4, -0.2) is 14.7 Å². The summed E-state index contributed by atoms with van der Waals surface area (Å²) in [5, 5.41) is 0. The molecule has 0 amide bonds. The van der Waals surface area contributed by atoms with Crippen LogP contribution in [0.3, 0.4) is 0 Å². The Balaban J connectivity index is 3.35. The fourth-order valence-electron chi connectivity index (χ4n) is 0.885. The molecule has 21 heavy (non-hydrogen) atoms. The summed E-state index contributed by atoms with van der Waals surface area (Å²) in [7, 11) is -6.41. The molecule has 0 radical (unpaired) electrons. The van der Waals surface area contributed by atoms with Crippen molar-refractivity contribution in [3.05, 3.63) is 29.1 Å². The number of rotatable bonds is 4. The highest BCUT2D eigenvalue weighted by atomic mass is 32.5. The molecule has 0 heterocycles. The average Bonchev–Trinajstić information content (AvgIpc) is 2.36. The van der Waals surface area contributed by atoms with Gasteiger partial charge < -0.3 is 9.79 Å². The van der Waals surface area contributed by atoms with Crippen LogP contribution in [0, 0.1) is 29.1 Å². The lowest BCUT2D eigenvalue weighted by Gasteiger charge is -2.12. The normalized spacial score (nSPS) is 14.9. The van der Waals surface area contributed by atoms with Crippen LogP contribution in [0.15, 0.2) is 4.90 Å². The molecular weight excluding hydrogens is 373 g/mol. The zero-order valence-electron chi connectivity index (χ0n) is 9.17. The molecule has 0 bridgehead atoms. The van der Waals surface area contributed by atoms with Gasteiger partial charge in [0.1, 0.15) is 0 Å². The monoisotopic (exact) mass is 376 g/mol. The molecule has 0 aliphatic rings. The largest absolute Gasteiger partial charge is 0.755 e. The first-order valence-corrected chi connectivity index (χ1v) is 8.86. The van der Waals surface area contributed by atoms with Crippen molar-refractivity contribution < 1.29 is 55.4 Å². The van der Waals surface area contributed by atoms with E-state index in [4.69, 9.17) is 14.7 Å². The van der Waals surface area contributed by atoms with Crippen molar-refractivity contribution in [2.75, 3.05) is 0 Å². The first-order chi connectivity index (χ1) is 9.36. The van der Waals surface area contributed by atoms with E-state index in [2.05, 4.69) is 9.35 Å². The maximum Gasteiger partial charge on any atom is 0.552 e. The standard InChI is InChI=1S/C6H3F5O7P2S/c7-1-2(8)4(10)6(5(11)3(1)9)21-20(15,16)18-17-19(12,13)14/h(H3-,12,13,14,15,16). The smallest absolute Gasteiger partial charge is 0.552 e. The minimum absolute atomic E-state index is 0.816. The Morgan fingerprint density at radius 1 is 0.857 bits per heavy atom. The number of hydrogen-bond acceptors (Lipinski definition) is 4. The van der Waals surface area contributed by atoms with Gasteiger partial charge in [0, 0.05) is 0 Å². The van der Waals surface area contributed by atoms with E-state index < -0.39 is 59.5 Å². The van der Waals surface area contributed by atoms with E-state index in [1.54, 1.807) is 0 Å². The van der Waals surface area contributed by atoms with Crippen molar-refractivity contribution in [2.24, 2.45) is 0 Å². The molecule has 0 aliphatic carbocycles. The third kappa shape index (κ3) is 4.74. The first-order valence-electron chi connectivity index (χ1n) is 4.33. The van der Waals surface area contributed by atoms with Crippen LogP contribution in [0.5, 0.6) is 0 Å². The molecule has 0 aliphatic heterocycles. The molecular formula is C6H3F5O7P2S. The van der Waals surface area contributed by atoms with E-state index in [0.717, 1.165) is 0 Å². The lowest BCUT2D eigenvalue weighted by molar-refractivity contribution is -0.268. The molecule has 120 valence electrons. The molecule has 0 aromatic heterocycles. The van der Waals surface area contributed by atoms with E-state index in [1.165, 1.54) is 0 Å². The van der Waals surface area contributed by atoms with Crippen LogP contribution in [0.1, 0.15) is 0 Å². The highest BCUT2D eigenvalue weighted by Gasteiger charge is 2.39. The van der Waals surface area contributed by atoms with E-state index in [1.807, 2.05) is 0 Å². The Bertz CT molecular complexity index is 641. The summed E-state index contributed by atoms with van der Waals surface area (Å²) in [4.78, 5) is 34.6. The minimum Gasteiger partial charge on any atom is -0.755 e. The molecule has 1 aromatic carbocycles. The van der Waals surface area contributed by atoms with E-state index in [0.29, 0.717) is 0 Å². The number of benzene rings is 1. The zero-order chi connectivity index (χ0) is 16.6. The van der Waals surface area contributed by atoms with Crippen molar-refractivity contribution in [2.45, 2.75) is 4.90 Å². The van der Waals surface area contributed by atoms with Crippen molar-refractivity contribution in [3.8, 4) is 0 Å². The second kappa shape index (κ2) is 6.32. The number of hydrogen-bond donors (Lipinski definition) is 3. The van der Waals surface area contributed by atoms with Gasteiger partial charge in [-0.2, -0.15) is 13.5 Å². The van der Waals surface area contributed by atoms with Crippen LogP contribution in [0.4, 0.5) is 22.0 Å². The van der Waals surface area contributed by atoms with E-state index in [-0.39, 0.29) is 0 Å². The van der Waals surface area contributed by atoms with Crippen molar-refractivity contribution in [3.63, 3.8) is 0 Å². The van der Waals surface area contributed by atoms with Gasteiger partial charge in [-0.1, -0.05) is 0 Å². The van der Waals surface area contributed by atoms with Gasteiger partial charge >= 0.3 is 11.6 Å². The molecule has 0 fully saturated rings. The molecule has 1 rings (SSSR count). The quantitative estimate of drug-likeness (QED) is 0.136. The van der Waals surface area contributed by atoms with Gasteiger partial charge in [-0.3, -0.25) is 14.4 Å².